The standard InChI is InChI=1S/C13H16F4N2/c1-2-3-4-5-12(19-18)10-8-9(14)6-7-11(10)13(15,16)17/h2,6-8,12,19H,1,3-5,18H2. The quantitative estimate of drug-likeness (QED) is 0.273. The van der Waals surface area contributed by atoms with Crippen LogP contribution in [0.1, 0.15) is 36.4 Å². The van der Waals surface area contributed by atoms with Gasteiger partial charge >= 0.3 is 6.18 Å². The number of benzene rings is 1. The monoisotopic (exact) mass is 276 g/mol. The van der Waals surface area contributed by atoms with Crippen LogP contribution in [0.4, 0.5) is 17.6 Å². The molecule has 3 N–H and O–H groups in total. The Morgan fingerprint density at radius 1 is 1.37 bits per heavy atom. The van der Waals surface area contributed by atoms with Gasteiger partial charge in [-0.25, -0.2) is 4.39 Å². The SMILES string of the molecule is C=CCCCC(NN)c1cc(F)ccc1C(F)(F)F. The minimum atomic E-state index is -4.53. The van der Waals surface area contributed by atoms with E-state index in [0.717, 1.165) is 18.2 Å². The molecule has 0 fully saturated rings. The second-order valence-electron chi connectivity index (χ2n) is 4.17. The lowest BCUT2D eigenvalue weighted by Crippen LogP contribution is -2.30. The lowest BCUT2D eigenvalue weighted by Gasteiger charge is -2.21. The van der Waals surface area contributed by atoms with E-state index in [0.29, 0.717) is 19.3 Å². The van der Waals surface area contributed by atoms with E-state index in [1.54, 1.807) is 6.08 Å². The fraction of sp³-hybridized carbons (Fsp3) is 0.385. The minimum absolute atomic E-state index is 0.168. The lowest BCUT2D eigenvalue weighted by atomic mass is 9.96. The number of allylic oxidation sites excluding steroid dienone is 1. The molecule has 0 heterocycles. The summed E-state index contributed by atoms with van der Waals surface area (Å²) in [7, 11) is 0. The van der Waals surface area contributed by atoms with Crippen LogP contribution in [0, 0.1) is 5.82 Å². The Hall–Kier alpha value is -1.40. The van der Waals surface area contributed by atoms with Crippen LogP contribution in [0.15, 0.2) is 30.9 Å². The van der Waals surface area contributed by atoms with Gasteiger partial charge in [0.25, 0.3) is 0 Å². The number of alkyl halides is 3. The molecule has 0 bridgehead atoms. The zero-order valence-corrected chi connectivity index (χ0v) is 10.3. The van der Waals surface area contributed by atoms with Gasteiger partial charge in [0.1, 0.15) is 5.82 Å². The summed E-state index contributed by atoms with van der Waals surface area (Å²) in [5, 5.41) is 0. The predicted molar refractivity (Wildman–Crippen MR) is 65.5 cm³/mol. The highest BCUT2D eigenvalue weighted by Crippen LogP contribution is 2.36. The van der Waals surface area contributed by atoms with Gasteiger partial charge in [0, 0.05) is 6.04 Å². The molecule has 0 amide bonds. The molecule has 0 saturated carbocycles. The third-order valence-corrected chi connectivity index (χ3v) is 2.80. The van der Waals surface area contributed by atoms with Crippen molar-refractivity contribution in [3.8, 4) is 0 Å². The van der Waals surface area contributed by atoms with Gasteiger partial charge in [-0.3, -0.25) is 11.3 Å². The first-order chi connectivity index (χ1) is 8.90. The van der Waals surface area contributed by atoms with Crippen LogP contribution in [0.25, 0.3) is 0 Å². The van der Waals surface area contributed by atoms with Crippen molar-refractivity contribution < 1.29 is 17.6 Å². The van der Waals surface area contributed by atoms with Crippen molar-refractivity contribution in [3.05, 3.63) is 47.8 Å². The maximum absolute atomic E-state index is 13.2. The molecule has 1 aromatic rings. The number of hydrogen-bond donors (Lipinski definition) is 2. The van der Waals surface area contributed by atoms with Gasteiger partial charge in [0.2, 0.25) is 0 Å². The van der Waals surface area contributed by atoms with E-state index in [9.17, 15) is 17.6 Å². The fourth-order valence-electron chi connectivity index (χ4n) is 1.87. The molecule has 106 valence electrons. The van der Waals surface area contributed by atoms with Gasteiger partial charge in [0.05, 0.1) is 5.56 Å². The third-order valence-electron chi connectivity index (χ3n) is 2.80. The number of nitrogens with one attached hydrogen (secondary N) is 1. The van der Waals surface area contributed by atoms with Gasteiger partial charge in [0.15, 0.2) is 0 Å². The molecule has 0 aliphatic rings. The molecule has 1 aromatic carbocycles. The Kier molecular flexibility index (Phi) is 5.50. The average Bonchev–Trinajstić information content (AvgIpc) is 2.33. The molecule has 0 aliphatic heterocycles. The van der Waals surface area contributed by atoms with Gasteiger partial charge in [-0.15, -0.1) is 6.58 Å². The molecule has 0 aliphatic carbocycles. The molecule has 1 rings (SSSR count). The second-order valence-corrected chi connectivity index (χ2v) is 4.17. The summed E-state index contributed by atoms with van der Waals surface area (Å²) in [6.07, 6.45) is -1.21. The number of unbranched alkanes of at least 4 members (excludes halogenated alkanes) is 1. The van der Waals surface area contributed by atoms with Gasteiger partial charge in [-0.1, -0.05) is 6.08 Å². The summed E-state index contributed by atoms with van der Waals surface area (Å²) in [5.74, 6) is 4.57. The normalized spacial score (nSPS) is 13.3. The van der Waals surface area contributed by atoms with E-state index >= 15 is 0 Å². The van der Waals surface area contributed by atoms with E-state index < -0.39 is 23.6 Å². The summed E-state index contributed by atoms with van der Waals surface area (Å²) in [6.45, 7) is 3.54. The van der Waals surface area contributed by atoms with Gasteiger partial charge in [-0.2, -0.15) is 13.2 Å². The number of halogens is 4. The molecule has 0 aromatic heterocycles. The van der Waals surface area contributed by atoms with Crippen molar-refractivity contribution >= 4 is 0 Å². The number of hydrogen-bond acceptors (Lipinski definition) is 2. The first-order valence-corrected chi connectivity index (χ1v) is 5.83. The van der Waals surface area contributed by atoms with Crippen LogP contribution in [-0.4, -0.2) is 0 Å². The zero-order valence-electron chi connectivity index (χ0n) is 10.3. The fourth-order valence-corrected chi connectivity index (χ4v) is 1.87. The zero-order chi connectivity index (χ0) is 14.5. The van der Waals surface area contributed by atoms with Crippen LogP contribution in [0.2, 0.25) is 0 Å². The minimum Gasteiger partial charge on any atom is -0.271 e. The summed E-state index contributed by atoms with van der Waals surface area (Å²) in [5.41, 5.74) is 1.28. The summed E-state index contributed by atoms with van der Waals surface area (Å²) in [4.78, 5) is 0. The molecule has 0 saturated heterocycles. The molecule has 2 nitrogen and oxygen atoms in total. The molecule has 19 heavy (non-hydrogen) atoms. The molecule has 1 unspecified atom stereocenters. The molecule has 0 radical (unpaired) electrons. The maximum Gasteiger partial charge on any atom is 0.416 e. The van der Waals surface area contributed by atoms with Crippen molar-refractivity contribution in [2.45, 2.75) is 31.5 Å². The van der Waals surface area contributed by atoms with Crippen molar-refractivity contribution in [3.63, 3.8) is 0 Å². The van der Waals surface area contributed by atoms with E-state index in [4.69, 9.17) is 5.84 Å². The Morgan fingerprint density at radius 2 is 2.05 bits per heavy atom. The number of nitrogens with two attached hydrogens (primary N) is 1. The van der Waals surface area contributed by atoms with Crippen LogP contribution < -0.4 is 11.3 Å². The van der Waals surface area contributed by atoms with E-state index in [2.05, 4.69) is 12.0 Å². The van der Waals surface area contributed by atoms with Crippen molar-refractivity contribution in [1.82, 2.24) is 5.43 Å². The van der Waals surface area contributed by atoms with Crippen LogP contribution in [0.5, 0.6) is 0 Å². The Morgan fingerprint density at radius 3 is 2.58 bits per heavy atom. The highest BCUT2D eigenvalue weighted by molar-refractivity contribution is 5.33. The molecular formula is C13H16F4N2. The predicted octanol–water partition coefficient (Wildman–Crippen LogP) is 3.71. The Balaban J connectivity index is 3.06. The summed E-state index contributed by atoms with van der Waals surface area (Å²) in [6, 6.07) is 1.67. The van der Waals surface area contributed by atoms with E-state index in [1.165, 1.54) is 0 Å². The first-order valence-electron chi connectivity index (χ1n) is 5.83. The molecular weight excluding hydrogens is 260 g/mol. The maximum atomic E-state index is 13.2. The number of rotatable bonds is 6. The lowest BCUT2D eigenvalue weighted by molar-refractivity contribution is -0.138. The topological polar surface area (TPSA) is 38.0 Å². The Bertz CT molecular complexity index is 429. The molecule has 1 atom stereocenters. The van der Waals surface area contributed by atoms with Gasteiger partial charge in [-0.05, 0) is 43.0 Å². The van der Waals surface area contributed by atoms with Crippen LogP contribution in [-0.2, 0) is 6.18 Å². The summed E-state index contributed by atoms with van der Waals surface area (Å²) < 4.78 is 51.7. The first kappa shape index (κ1) is 15.7. The number of hydrazine groups is 1. The van der Waals surface area contributed by atoms with Gasteiger partial charge < -0.3 is 0 Å². The third kappa shape index (κ3) is 4.33. The van der Waals surface area contributed by atoms with Crippen molar-refractivity contribution in [2.75, 3.05) is 0 Å². The molecule has 0 spiro atoms. The van der Waals surface area contributed by atoms with E-state index in [1.807, 2.05) is 0 Å². The highest BCUT2D eigenvalue weighted by Gasteiger charge is 2.35. The smallest absolute Gasteiger partial charge is 0.271 e. The Labute approximate surface area is 109 Å². The molecule has 6 heteroatoms. The van der Waals surface area contributed by atoms with Crippen molar-refractivity contribution in [2.24, 2.45) is 5.84 Å². The average molecular weight is 276 g/mol. The van der Waals surface area contributed by atoms with Crippen LogP contribution >= 0.6 is 0 Å². The highest BCUT2D eigenvalue weighted by atomic mass is 19.4. The van der Waals surface area contributed by atoms with Crippen molar-refractivity contribution in [1.29, 1.82) is 0 Å². The van der Waals surface area contributed by atoms with E-state index in [-0.39, 0.29) is 5.56 Å². The van der Waals surface area contributed by atoms with Crippen LogP contribution in [0.3, 0.4) is 0 Å². The largest absolute Gasteiger partial charge is 0.416 e. The second kappa shape index (κ2) is 6.68. The summed E-state index contributed by atoms with van der Waals surface area (Å²) >= 11 is 0.